The van der Waals surface area contributed by atoms with Crippen molar-refractivity contribution in [2.24, 2.45) is 0 Å². The SMILES string of the molecule is O=c1c2ccc(-c3ccccc3)c3cccc(c32)c2nc3ccc(-c4ccccc4)cc3n12.O=c1c2cccc3c(-c4ccccc4)ccc(c32)c2nc3cc(-c4ccccc4)ccc3n12.O=c1c2cccc3c(-c4ccccc4)ccc(c32)c2nc3ccc(-c4ccccc4)cc3n12. The number of fused-ring (bicyclic) bond motifs is 12. The second kappa shape index (κ2) is 22.9. The van der Waals surface area contributed by atoms with Crippen molar-refractivity contribution in [2.75, 3.05) is 0 Å². The summed E-state index contributed by atoms with van der Waals surface area (Å²) >= 11 is 0. The van der Waals surface area contributed by atoms with Gasteiger partial charge in [0, 0.05) is 48.5 Å². The van der Waals surface area contributed by atoms with E-state index in [1.54, 1.807) is 13.2 Å². The van der Waals surface area contributed by atoms with E-state index >= 15 is 0 Å². The molecule has 21 aromatic rings. The highest BCUT2D eigenvalue weighted by Gasteiger charge is 2.23. The largest absolute Gasteiger partial charge is 0.268 e. The van der Waals surface area contributed by atoms with Gasteiger partial charge in [-0.25, -0.2) is 15.0 Å². The fourth-order valence-corrected chi connectivity index (χ4v) is 15.1. The summed E-state index contributed by atoms with van der Waals surface area (Å²) in [6.45, 7) is 0. The average molecular weight is 1270 g/mol. The highest BCUT2D eigenvalue weighted by Crippen LogP contribution is 2.41. The second-order valence-corrected chi connectivity index (χ2v) is 25.2. The van der Waals surface area contributed by atoms with Gasteiger partial charge in [-0.2, -0.15) is 0 Å². The molecule has 21 rings (SSSR count). The van der Waals surface area contributed by atoms with Crippen LogP contribution in [0.2, 0.25) is 0 Å². The lowest BCUT2D eigenvalue weighted by Gasteiger charge is -2.12. The molecule has 0 bridgehead atoms. The van der Waals surface area contributed by atoms with E-state index in [-0.39, 0.29) is 16.7 Å². The lowest BCUT2D eigenvalue weighted by molar-refractivity contribution is 1.19. The summed E-state index contributed by atoms with van der Waals surface area (Å²) < 4.78 is 5.32. The van der Waals surface area contributed by atoms with E-state index in [9.17, 15) is 14.4 Å². The van der Waals surface area contributed by atoms with Gasteiger partial charge in [0.15, 0.2) is 0 Å². The van der Waals surface area contributed by atoms with Crippen LogP contribution < -0.4 is 16.7 Å². The van der Waals surface area contributed by atoms with E-state index in [0.29, 0.717) is 16.9 Å². The molecule has 9 nitrogen and oxygen atoms in total. The predicted octanol–water partition coefficient (Wildman–Crippen LogP) is 20.8. The number of aromatic nitrogens is 6. The molecule has 0 spiro atoms. The quantitative estimate of drug-likeness (QED) is 0.164. The third-order valence-electron chi connectivity index (χ3n) is 19.7. The number of pyridine rings is 3. The van der Waals surface area contributed by atoms with Gasteiger partial charge in [0.25, 0.3) is 16.7 Å². The molecule has 462 valence electrons. The number of rotatable bonds is 6. The van der Waals surface area contributed by atoms with E-state index in [0.717, 1.165) is 164 Å². The van der Waals surface area contributed by atoms with Crippen LogP contribution in [-0.4, -0.2) is 28.2 Å². The monoisotopic (exact) mass is 1270 g/mol. The van der Waals surface area contributed by atoms with Crippen molar-refractivity contribution in [3.05, 3.63) is 359 Å². The zero-order chi connectivity index (χ0) is 65.8. The fraction of sp³-hybridized carbons (Fsp3) is 0. The molecule has 0 aliphatic heterocycles. The summed E-state index contributed by atoms with van der Waals surface area (Å²) in [6.07, 6.45) is 0. The molecule has 9 heteroatoms. The van der Waals surface area contributed by atoms with Gasteiger partial charge in [0.1, 0.15) is 16.9 Å². The van der Waals surface area contributed by atoms with Crippen molar-refractivity contribution < 1.29 is 0 Å². The smallest absolute Gasteiger partial charge is 0.264 e. The Morgan fingerprint density at radius 3 is 0.859 bits per heavy atom. The maximum atomic E-state index is 13.8. The molecule has 15 aromatic carbocycles. The molecule has 0 saturated heterocycles. The van der Waals surface area contributed by atoms with Gasteiger partial charge >= 0.3 is 0 Å². The summed E-state index contributed by atoms with van der Waals surface area (Å²) in [5.41, 5.74) is 20.4. The molecule has 0 radical (unpaired) electrons. The Morgan fingerprint density at radius 1 is 0.192 bits per heavy atom. The molecule has 0 atom stereocenters. The van der Waals surface area contributed by atoms with Crippen LogP contribution in [0.3, 0.4) is 0 Å². The van der Waals surface area contributed by atoms with Crippen molar-refractivity contribution in [1.29, 1.82) is 0 Å². The molecule has 6 aromatic heterocycles. The zero-order valence-electron chi connectivity index (χ0n) is 53.1. The highest BCUT2D eigenvalue weighted by molar-refractivity contribution is 6.22. The van der Waals surface area contributed by atoms with Crippen molar-refractivity contribution in [1.82, 2.24) is 28.2 Å². The second-order valence-electron chi connectivity index (χ2n) is 25.2. The molecule has 0 unspecified atom stereocenters. The van der Waals surface area contributed by atoms with E-state index in [1.807, 2.05) is 158 Å². The zero-order valence-corrected chi connectivity index (χ0v) is 53.1. The highest BCUT2D eigenvalue weighted by atomic mass is 16.1. The number of imidazole rings is 3. The molecule has 0 aliphatic rings. The third-order valence-corrected chi connectivity index (χ3v) is 19.7. The Bertz CT molecular complexity index is 6600. The average Bonchev–Trinajstić information content (AvgIpc) is 1.69. The van der Waals surface area contributed by atoms with Crippen LogP contribution in [0.1, 0.15) is 0 Å². The first-order valence-corrected chi connectivity index (χ1v) is 33.1. The Labute approximate surface area is 565 Å². The van der Waals surface area contributed by atoms with E-state index in [4.69, 9.17) is 15.0 Å². The summed E-state index contributed by atoms with van der Waals surface area (Å²) in [5.74, 6) is 0. The van der Waals surface area contributed by atoms with E-state index in [2.05, 4.69) is 170 Å². The van der Waals surface area contributed by atoms with E-state index in [1.165, 1.54) is 0 Å². The maximum absolute atomic E-state index is 13.8. The summed E-state index contributed by atoms with van der Waals surface area (Å²) in [4.78, 5) is 56.0. The van der Waals surface area contributed by atoms with Gasteiger partial charge in [0.05, 0.1) is 33.1 Å². The standard InChI is InChI=1S/3C30H18N2O/c33-30-25-13-7-12-23-22(20-10-5-2-6-11-20)15-16-24(28(23)25)29-31-26-18-21(14-17-27(26)32(29)30)19-8-3-1-4-9-19;33-30-25-13-7-12-23-22(20-10-5-2-6-11-20)15-16-24(28(23)25)29-31-26-17-14-21(18-27(26)32(29)30)19-8-3-1-4-9-19;33-30-25-16-15-22(20-10-5-2-6-11-20)23-12-7-13-24(28(23)25)29-31-26-17-14-21(18-27(26)32(29)30)19-8-3-1-4-9-19/h3*1-18H. The molecule has 0 aliphatic carbocycles. The van der Waals surface area contributed by atoms with Gasteiger partial charge < -0.3 is 0 Å². The topological polar surface area (TPSA) is 103 Å². The minimum atomic E-state index is -0.0268. The van der Waals surface area contributed by atoms with Crippen LogP contribution >= 0.6 is 0 Å². The number of hydrogen-bond acceptors (Lipinski definition) is 6. The van der Waals surface area contributed by atoms with Crippen LogP contribution in [0.15, 0.2) is 342 Å². The Kier molecular flexibility index (Phi) is 13.2. The summed E-state index contributed by atoms with van der Waals surface area (Å²) in [7, 11) is 0. The van der Waals surface area contributed by atoms with Crippen molar-refractivity contribution in [2.45, 2.75) is 0 Å². The molecular formula is C90H54N6O3. The first-order chi connectivity index (χ1) is 48.9. The third kappa shape index (κ3) is 9.17. The number of nitrogens with zero attached hydrogens (tertiary/aromatic N) is 6. The maximum Gasteiger partial charge on any atom is 0.264 e. The first-order valence-electron chi connectivity index (χ1n) is 33.1. The molecule has 99 heavy (non-hydrogen) atoms. The molecule has 0 fully saturated rings. The van der Waals surface area contributed by atoms with Crippen molar-refractivity contribution in [3.63, 3.8) is 0 Å². The van der Waals surface area contributed by atoms with Crippen LogP contribution in [0.5, 0.6) is 0 Å². The number of benzene rings is 15. The van der Waals surface area contributed by atoms with Crippen LogP contribution in [-0.2, 0) is 0 Å². The molecule has 0 N–H and O–H groups in total. The van der Waals surface area contributed by atoms with Gasteiger partial charge in [-0.3, -0.25) is 27.6 Å². The van der Waals surface area contributed by atoms with Crippen LogP contribution in [0.25, 0.3) is 181 Å². The van der Waals surface area contributed by atoms with Gasteiger partial charge in [0.2, 0.25) is 0 Å². The lowest BCUT2D eigenvalue weighted by Crippen LogP contribution is -2.13. The van der Waals surface area contributed by atoms with Crippen LogP contribution in [0, 0.1) is 0 Å². The van der Waals surface area contributed by atoms with Crippen molar-refractivity contribution >= 4 is 115 Å². The Hall–Kier alpha value is -13.5. The fourth-order valence-electron chi connectivity index (χ4n) is 15.1. The number of hydrogen-bond donors (Lipinski definition) is 0. The van der Waals surface area contributed by atoms with Crippen LogP contribution in [0.4, 0.5) is 0 Å². The van der Waals surface area contributed by atoms with Gasteiger partial charge in [-0.15, -0.1) is 0 Å². The first kappa shape index (κ1) is 57.0. The minimum absolute atomic E-state index is 0.0247. The minimum Gasteiger partial charge on any atom is -0.268 e. The van der Waals surface area contributed by atoms with E-state index < -0.39 is 0 Å². The van der Waals surface area contributed by atoms with Gasteiger partial charge in [-0.1, -0.05) is 261 Å². The lowest BCUT2D eigenvalue weighted by atomic mass is 9.94. The summed E-state index contributed by atoms with van der Waals surface area (Å²) in [5, 5.41) is 11.3. The molecule has 0 saturated carbocycles. The van der Waals surface area contributed by atoms with Crippen molar-refractivity contribution in [3.8, 4) is 66.8 Å². The Balaban J connectivity index is 0.000000104. The Morgan fingerprint density at radius 2 is 0.475 bits per heavy atom. The predicted molar refractivity (Wildman–Crippen MR) is 408 cm³/mol. The normalized spacial score (nSPS) is 11.8. The molecular weight excluding hydrogens is 1210 g/mol. The summed E-state index contributed by atoms with van der Waals surface area (Å²) in [6, 6.07) is 111. The van der Waals surface area contributed by atoms with Gasteiger partial charge in [-0.05, 0) is 150 Å². The molecule has 6 heterocycles. The molecule has 0 amide bonds.